The van der Waals surface area contributed by atoms with Crippen molar-refractivity contribution < 1.29 is 9.47 Å². The van der Waals surface area contributed by atoms with E-state index in [1.165, 1.54) is 0 Å². The molecule has 3 aromatic rings. The van der Waals surface area contributed by atoms with E-state index in [1.54, 1.807) is 24.9 Å². The molecule has 1 N–H and O–H groups in total. The van der Waals surface area contributed by atoms with Crippen LogP contribution in [-0.4, -0.2) is 18.8 Å². The molecule has 0 saturated heterocycles. The van der Waals surface area contributed by atoms with Gasteiger partial charge in [0.05, 0.1) is 20.8 Å². The molecule has 1 aromatic heterocycles. The average Bonchev–Trinajstić information content (AvgIpc) is 2.70. The number of hydrogen-bond acceptors (Lipinski definition) is 4. The first-order valence-corrected chi connectivity index (χ1v) is 8.80. The Hall–Kier alpha value is -3.21. The Morgan fingerprint density at radius 1 is 0.852 bits per heavy atom. The second-order valence-corrected chi connectivity index (χ2v) is 6.36. The fraction of sp³-hybridized carbons (Fsp3) is 0.227. The molecular weight excluding hydrogens is 340 g/mol. The van der Waals surface area contributed by atoms with Crippen molar-refractivity contribution in [2.75, 3.05) is 19.5 Å². The fourth-order valence-electron chi connectivity index (χ4n) is 2.90. The van der Waals surface area contributed by atoms with E-state index >= 15 is 0 Å². The summed E-state index contributed by atoms with van der Waals surface area (Å²) in [5.74, 6) is 1.64. The van der Waals surface area contributed by atoms with Gasteiger partial charge in [0, 0.05) is 24.0 Å². The SMILES string of the molecule is COc1ccc(CNc2cc(C)n(Cc3ccc(OC)cc3)c(=O)c2)cc1. The Bertz CT molecular complexity index is 945. The lowest BCUT2D eigenvalue weighted by molar-refractivity contribution is 0.414. The zero-order chi connectivity index (χ0) is 19.2. The number of benzene rings is 2. The van der Waals surface area contributed by atoms with Crippen molar-refractivity contribution >= 4 is 5.69 Å². The summed E-state index contributed by atoms with van der Waals surface area (Å²) < 4.78 is 12.1. The second kappa shape index (κ2) is 8.45. The lowest BCUT2D eigenvalue weighted by atomic mass is 10.2. The summed E-state index contributed by atoms with van der Waals surface area (Å²) in [5.41, 5.74) is 3.88. The third-order valence-electron chi connectivity index (χ3n) is 4.49. The van der Waals surface area contributed by atoms with E-state index in [9.17, 15) is 4.79 Å². The zero-order valence-electron chi connectivity index (χ0n) is 15.9. The summed E-state index contributed by atoms with van der Waals surface area (Å²) >= 11 is 0. The first-order valence-electron chi connectivity index (χ1n) is 8.80. The molecule has 0 amide bonds. The molecule has 1 heterocycles. The molecule has 0 aliphatic rings. The standard InChI is InChI=1S/C22H24N2O3/c1-16-12-19(23-14-17-4-8-20(26-2)9-5-17)13-22(25)24(16)15-18-6-10-21(27-3)11-7-18/h4-13,23H,14-15H2,1-3H3. The van der Waals surface area contributed by atoms with E-state index in [2.05, 4.69) is 5.32 Å². The maximum Gasteiger partial charge on any atom is 0.253 e. The number of aromatic nitrogens is 1. The number of nitrogens with one attached hydrogen (secondary N) is 1. The highest BCUT2D eigenvalue weighted by Crippen LogP contribution is 2.15. The van der Waals surface area contributed by atoms with E-state index in [0.29, 0.717) is 13.1 Å². The maximum atomic E-state index is 12.6. The highest BCUT2D eigenvalue weighted by molar-refractivity contribution is 5.44. The average molecular weight is 364 g/mol. The number of methoxy groups -OCH3 is 2. The summed E-state index contributed by atoms with van der Waals surface area (Å²) in [6.07, 6.45) is 0. The van der Waals surface area contributed by atoms with Crippen molar-refractivity contribution in [1.82, 2.24) is 4.57 Å². The minimum absolute atomic E-state index is 0.0250. The second-order valence-electron chi connectivity index (χ2n) is 6.36. The molecule has 0 atom stereocenters. The lowest BCUT2D eigenvalue weighted by Crippen LogP contribution is -2.22. The summed E-state index contributed by atoms with van der Waals surface area (Å²) in [6.45, 7) is 3.13. The van der Waals surface area contributed by atoms with E-state index in [-0.39, 0.29) is 5.56 Å². The van der Waals surface area contributed by atoms with E-state index in [0.717, 1.165) is 34.0 Å². The van der Waals surface area contributed by atoms with Crippen LogP contribution in [0.25, 0.3) is 0 Å². The monoisotopic (exact) mass is 364 g/mol. The van der Waals surface area contributed by atoms with Gasteiger partial charge in [0.1, 0.15) is 11.5 Å². The molecule has 0 aliphatic carbocycles. The van der Waals surface area contributed by atoms with Crippen molar-refractivity contribution in [3.8, 4) is 11.5 Å². The predicted octanol–water partition coefficient (Wildman–Crippen LogP) is 3.83. The van der Waals surface area contributed by atoms with Gasteiger partial charge in [-0.25, -0.2) is 0 Å². The first-order chi connectivity index (χ1) is 13.1. The molecule has 3 rings (SSSR count). The van der Waals surface area contributed by atoms with Crippen molar-refractivity contribution in [2.24, 2.45) is 0 Å². The molecule has 140 valence electrons. The largest absolute Gasteiger partial charge is 0.497 e. The van der Waals surface area contributed by atoms with Crippen LogP contribution >= 0.6 is 0 Å². The summed E-state index contributed by atoms with van der Waals surface area (Å²) in [6, 6.07) is 19.2. The number of aryl methyl sites for hydroxylation is 1. The molecule has 0 fully saturated rings. The Kier molecular flexibility index (Phi) is 5.81. The van der Waals surface area contributed by atoms with Crippen LogP contribution in [0.5, 0.6) is 11.5 Å². The summed E-state index contributed by atoms with van der Waals surface area (Å²) in [4.78, 5) is 12.6. The van der Waals surface area contributed by atoms with Crippen molar-refractivity contribution in [3.63, 3.8) is 0 Å². The smallest absolute Gasteiger partial charge is 0.253 e. The van der Waals surface area contributed by atoms with Crippen molar-refractivity contribution in [1.29, 1.82) is 0 Å². The molecule has 0 aliphatic heterocycles. The quantitative estimate of drug-likeness (QED) is 0.692. The van der Waals surface area contributed by atoms with Gasteiger partial charge in [0.2, 0.25) is 0 Å². The minimum Gasteiger partial charge on any atom is -0.497 e. The van der Waals surface area contributed by atoms with E-state index in [1.807, 2.05) is 61.5 Å². The molecule has 5 nitrogen and oxygen atoms in total. The predicted molar refractivity (Wildman–Crippen MR) is 108 cm³/mol. The van der Waals surface area contributed by atoms with Crippen molar-refractivity contribution in [3.05, 3.63) is 87.8 Å². The molecule has 27 heavy (non-hydrogen) atoms. The normalized spacial score (nSPS) is 10.5. The third kappa shape index (κ3) is 4.70. The highest BCUT2D eigenvalue weighted by Gasteiger charge is 2.05. The van der Waals surface area contributed by atoms with Gasteiger partial charge >= 0.3 is 0 Å². The van der Waals surface area contributed by atoms with Gasteiger partial charge in [-0.15, -0.1) is 0 Å². The summed E-state index contributed by atoms with van der Waals surface area (Å²) in [7, 11) is 3.29. The Balaban J connectivity index is 1.70. The minimum atomic E-state index is -0.0250. The molecule has 0 radical (unpaired) electrons. The maximum absolute atomic E-state index is 12.6. The van der Waals surface area contributed by atoms with Gasteiger partial charge in [0.15, 0.2) is 0 Å². The van der Waals surface area contributed by atoms with E-state index < -0.39 is 0 Å². The van der Waals surface area contributed by atoms with Gasteiger partial charge in [-0.3, -0.25) is 4.79 Å². The van der Waals surface area contributed by atoms with Crippen LogP contribution in [0.2, 0.25) is 0 Å². The first kappa shape index (κ1) is 18.6. The van der Waals surface area contributed by atoms with Crippen LogP contribution in [0.15, 0.2) is 65.5 Å². The number of anilines is 1. The van der Waals surface area contributed by atoms with Crippen LogP contribution in [0.3, 0.4) is 0 Å². The van der Waals surface area contributed by atoms with E-state index in [4.69, 9.17) is 9.47 Å². The Labute approximate surface area is 159 Å². The lowest BCUT2D eigenvalue weighted by Gasteiger charge is -2.13. The molecule has 0 saturated carbocycles. The van der Waals surface area contributed by atoms with Crippen LogP contribution in [-0.2, 0) is 13.1 Å². The Morgan fingerprint density at radius 3 is 1.93 bits per heavy atom. The molecular formula is C22H24N2O3. The molecule has 0 bridgehead atoms. The van der Waals surface area contributed by atoms with Gasteiger partial charge in [-0.2, -0.15) is 0 Å². The topological polar surface area (TPSA) is 52.5 Å². The number of ether oxygens (including phenoxy) is 2. The van der Waals surface area contributed by atoms with Gasteiger partial charge in [0.25, 0.3) is 5.56 Å². The zero-order valence-corrected chi connectivity index (χ0v) is 15.9. The molecule has 5 heteroatoms. The van der Waals surface area contributed by atoms with Crippen molar-refractivity contribution in [2.45, 2.75) is 20.0 Å². The van der Waals surface area contributed by atoms with Gasteiger partial charge in [-0.1, -0.05) is 24.3 Å². The number of pyridine rings is 1. The van der Waals surface area contributed by atoms with Crippen LogP contribution < -0.4 is 20.3 Å². The third-order valence-corrected chi connectivity index (χ3v) is 4.49. The Morgan fingerprint density at radius 2 is 1.41 bits per heavy atom. The molecule has 0 spiro atoms. The molecule has 0 unspecified atom stereocenters. The van der Waals surface area contributed by atoms with Crippen LogP contribution in [0.4, 0.5) is 5.69 Å². The van der Waals surface area contributed by atoms with Gasteiger partial charge < -0.3 is 19.4 Å². The number of hydrogen-bond donors (Lipinski definition) is 1. The van der Waals surface area contributed by atoms with Gasteiger partial charge in [-0.05, 0) is 48.4 Å². The molecule has 2 aromatic carbocycles. The number of rotatable bonds is 7. The number of nitrogens with zero attached hydrogens (tertiary/aromatic N) is 1. The van der Waals surface area contributed by atoms with Crippen LogP contribution in [0, 0.1) is 6.92 Å². The fourth-order valence-corrected chi connectivity index (χ4v) is 2.90. The van der Waals surface area contributed by atoms with Crippen LogP contribution in [0.1, 0.15) is 16.8 Å². The highest BCUT2D eigenvalue weighted by atomic mass is 16.5. The summed E-state index contributed by atoms with van der Waals surface area (Å²) in [5, 5.41) is 3.32.